The third-order valence-corrected chi connectivity index (χ3v) is 4.47. The Hall–Kier alpha value is -3.69. The average Bonchev–Trinajstić information content (AvgIpc) is 2.77. The van der Waals surface area contributed by atoms with E-state index in [9.17, 15) is 9.90 Å². The van der Waals surface area contributed by atoms with Crippen LogP contribution in [0.4, 0.5) is 0 Å². The van der Waals surface area contributed by atoms with Crippen LogP contribution in [0.3, 0.4) is 0 Å². The molecule has 1 atom stereocenters. The number of hydrogen-bond acceptors (Lipinski definition) is 5. The van der Waals surface area contributed by atoms with Crippen molar-refractivity contribution < 1.29 is 14.6 Å². The minimum atomic E-state index is -0.308. The zero-order chi connectivity index (χ0) is 20.6. The summed E-state index contributed by atoms with van der Waals surface area (Å²) in [5.74, 6) is 0.378. The molecule has 29 heavy (non-hydrogen) atoms. The molecule has 1 amide bonds. The van der Waals surface area contributed by atoms with Gasteiger partial charge >= 0.3 is 0 Å². The molecule has 0 aliphatic heterocycles. The van der Waals surface area contributed by atoms with E-state index in [2.05, 4.69) is 10.3 Å². The zero-order valence-corrected chi connectivity index (χ0v) is 16.0. The van der Waals surface area contributed by atoms with E-state index in [1.54, 1.807) is 42.6 Å². The molecule has 0 spiro atoms. The van der Waals surface area contributed by atoms with E-state index in [1.165, 1.54) is 0 Å². The number of carbonyl (C=O) groups is 1. The predicted molar refractivity (Wildman–Crippen MR) is 109 cm³/mol. The van der Waals surface area contributed by atoms with Crippen LogP contribution in [0, 0.1) is 11.3 Å². The SMILES string of the molecule is CC(CO)c1ccc(CNC(=O)c2cccnc2Oc2cccc(C#N)c2)cc1. The molecule has 6 nitrogen and oxygen atoms in total. The first-order valence-electron chi connectivity index (χ1n) is 9.21. The van der Waals surface area contributed by atoms with E-state index < -0.39 is 0 Å². The van der Waals surface area contributed by atoms with Crippen molar-refractivity contribution in [2.45, 2.75) is 19.4 Å². The molecule has 2 aromatic carbocycles. The monoisotopic (exact) mass is 387 g/mol. The number of aliphatic hydroxyl groups is 1. The topological polar surface area (TPSA) is 95.2 Å². The zero-order valence-electron chi connectivity index (χ0n) is 16.0. The summed E-state index contributed by atoms with van der Waals surface area (Å²) in [5.41, 5.74) is 2.76. The van der Waals surface area contributed by atoms with Gasteiger partial charge in [-0.1, -0.05) is 37.3 Å². The van der Waals surface area contributed by atoms with E-state index in [-0.39, 0.29) is 24.3 Å². The number of amides is 1. The molecule has 0 saturated heterocycles. The molecule has 6 heteroatoms. The number of carbonyl (C=O) groups excluding carboxylic acids is 1. The Morgan fingerprint density at radius 3 is 2.72 bits per heavy atom. The molecular weight excluding hydrogens is 366 g/mol. The summed E-state index contributed by atoms with van der Waals surface area (Å²) in [6.07, 6.45) is 1.54. The summed E-state index contributed by atoms with van der Waals surface area (Å²) in [7, 11) is 0. The van der Waals surface area contributed by atoms with Crippen LogP contribution in [0.2, 0.25) is 0 Å². The van der Waals surface area contributed by atoms with Crippen LogP contribution in [0.5, 0.6) is 11.6 Å². The van der Waals surface area contributed by atoms with E-state index in [0.29, 0.717) is 23.4 Å². The largest absolute Gasteiger partial charge is 0.438 e. The maximum atomic E-state index is 12.7. The molecule has 146 valence electrons. The summed E-state index contributed by atoms with van der Waals surface area (Å²) in [4.78, 5) is 16.8. The highest BCUT2D eigenvalue weighted by molar-refractivity contribution is 5.96. The van der Waals surface area contributed by atoms with Gasteiger partial charge in [-0.05, 0) is 41.5 Å². The molecule has 3 rings (SSSR count). The second-order valence-electron chi connectivity index (χ2n) is 6.61. The lowest BCUT2D eigenvalue weighted by Gasteiger charge is -2.12. The normalized spacial score (nSPS) is 11.3. The fraction of sp³-hybridized carbons (Fsp3) is 0.174. The quantitative estimate of drug-likeness (QED) is 0.643. The van der Waals surface area contributed by atoms with Crippen molar-refractivity contribution in [3.63, 3.8) is 0 Å². The number of hydrogen-bond donors (Lipinski definition) is 2. The van der Waals surface area contributed by atoms with Crippen LogP contribution in [0.1, 0.15) is 39.9 Å². The maximum Gasteiger partial charge on any atom is 0.257 e. The van der Waals surface area contributed by atoms with Crippen molar-refractivity contribution >= 4 is 5.91 Å². The van der Waals surface area contributed by atoms with Gasteiger partial charge in [-0.25, -0.2) is 4.98 Å². The fourth-order valence-corrected chi connectivity index (χ4v) is 2.73. The van der Waals surface area contributed by atoms with Gasteiger partial charge in [0.15, 0.2) is 0 Å². The van der Waals surface area contributed by atoms with Crippen molar-refractivity contribution in [2.24, 2.45) is 0 Å². The van der Waals surface area contributed by atoms with Gasteiger partial charge in [-0.3, -0.25) is 4.79 Å². The molecule has 0 fully saturated rings. The lowest BCUT2D eigenvalue weighted by molar-refractivity contribution is 0.0948. The third kappa shape index (κ3) is 5.18. The Bertz CT molecular complexity index is 1030. The van der Waals surface area contributed by atoms with E-state index in [1.807, 2.05) is 37.3 Å². The lowest BCUT2D eigenvalue weighted by Crippen LogP contribution is -2.23. The number of nitrogens with one attached hydrogen (secondary N) is 1. The minimum Gasteiger partial charge on any atom is -0.438 e. The van der Waals surface area contributed by atoms with Crippen molar-refractivity contribution in [3.05, 3.63) is 89.1 Å². The summed E-state index contributed by atoms with van der Waals surface area (Å²) in [6, 6.07) is 19.8. The highest BCUT2D eigenvalue weighted by Crippen LogP contribution is 2.23. The number of nitrogens with zero attached hydrogens (tertiary/aromatic N) is 2. The molecule has 1 heterocycles. The molecule has 0 aliphatic carbocycles. The van der Waals surface area contributed by atoms with Crippen molar-refractivity contribution in [1.82, 2.24) is 10.3 Å². The summed E-state index contributed by atoms with van der Waals surface area (Å²) in [6.45, 7) is 2.40. The van der Waals surface area contributed by atoms with Crippen LogP contribution < -0.4 is 10.1 Å². The van der Waals surface area contributed by atoms with Crippen molar-refractivity contribution in [1.29, 1.82) is 5.26 Å². The first-order valence-corrected chi connectivity index (χ1v) is 9.21. The molecule has 3 aromatic rings. The molecule has 0 aliphatic rings. The Balaban J connectivity index is 1.69. The maximum absolute atomic E-state index is 12.7. The number of aromatic nitrogens is 1. The van der Waals surface area contributed by atoms with Crippen LogP contribution >= 0.6 is 0 Å². The third-order valence-electron chi connectivity index (χ3n) is 4.47. The number of benzene rings is 2. The Kier molecular flexibility index (Phi) is 6.56. The van der Waals surface area contributed by atoms with Crippen LogP contribution in [-0.2, 0) is 6.54 Å². The van der Waals surface area contributed by atoms with Gasteiger partial charge in [0.2, 0.25) is 5.88 Å². The number of pyridine rings is 1. The molecule has 1 unspecified atom stereocenters. The molecule has 0 radical (unpaired) electrons. The van der Waals surface area contributed by atoms with Crippen molar-refractivity contribution in [3.8, 4) is 17.7 Å². The second kappa shape index (κ2) is 9.49. The van der Waals surface area contributed by atoms with Crippen LogP contribution in [0.15, 0.2) is 66.9 Å². The fourth-order valence-electron chi connectivity index (χ4n) is 2.73. The van der Waals surface area contributed by atoms with Gasteiger partial charge in [-0.15, -0.1) is 0 Å². The van der Waals surface area contributed by atoms with E-state index >= 15 is 0 Å². The molecule has 0 bridgehead atoms. The predicted octanol–water partition coefficient (Wildman–Crippen LogP) is 3.77. The van der Waals surface area contributed by atoms with Gasteiger partial charge in [0.1, 0.15) is 11.3 Å². The smallest absolute Gasteiger partial charge is 0.257 e. The first-order chi connectivity index (χ1) is 14.1. The second-order valence-corrected chi connectivity index (χ2v) is 6.61. The van der Waals surface area contributed by atoms with Gasteiger partial charge in [0.05, 0.1) is 11.6 Å². The van der Waals surface area contributed by atoms with Gasteiger partial charge in [-0.2, -0.15) is 5.26 Å². The van der Waals surface area contributed by atoms with E-state index in [4.69, 9.17) is 10.00 Å². The standard InChI is InChI=1S/C23H21N3O3/c1-16(15-27)19-9-7-17(8-10-19)14-26-22(28)21-6-3-11-25-23(21)29-20-5-2-4-18(12-20)13-24/h2-12,16,27H,14-15H2,1H3,(H,26,28). The summed E-state index contributed by atoms with van der Waals surface area (Å²) >= 11 is 0. The molecule has 2 N–H and O–H groups in total. The number of rotatable bonds is 7. The summed E-state index contributed by atoms with van der Waals surface area (Å²) in [5, 5.41) is 21.1. The molecule has 0 saturated carbocycles. The number of nitriles is 1. The highest BCUT2D eigenvalue weighted by atomic mass is 16.5. The van der Waals surface area contributed by atoms with Gasteiger partial charge in [0.25, 0.3) is 5.91 Å². The molecule has 1 aromatic heterocycles. The van der Waals surface area contributed by atoms with Crippen LogP contribution in [-0.4, -0.2) is 22.6 Å². The Morgan fingerprint density at radius 2 is 2.00 bits per heavy atom. The highest BCUT2D eigenvalue weighted by Gasteiger charge is 2.14. The summed E-state index contributed by atoms with van der Waals surface area (Å²) < 4.78 is 5.73. The number of aliphatic hydroxyl groups excluding tert-OH is 1. The minimum absolute atomic E-state index is 0.0771. The van der Waals surface area contributed by atoms with Crippen molar-refractivity contribution in [2.75, 3.05) is 6.61 Å². The van der Waals surface area contributed by atoms with Gasteiger partial charge in [0, 0.05) is 25.3 Å². The van der Waals surface area contributed by atoms with Crippen LogP contribution in [0.25, 0.3) is 0 Å². The first kappa shape index (κ1) is 20.1. The van der Waals surface area contributed by atoms with E-state index in [0.717, 1.165) is 11.1 Å². The average molecular weight is 387 g/mol. The Morgan fingerprint density at radius 1 is 1.21 bits per heavy atom. The molecular formula is C23H21N3O3. The van der Waals surface area contributed by atoms with Gasteiger partial charge < -0.3 is 15.2 Å². The lowest BCUT2D eigenvalue weighted by atomic mass is 10.0. The number of ether oxygens (including phenoxy) is 1. The Labute approximate surface area is 169 Å².